The van der Waals surface area contributed by atoms with Crippen LogP contribution in [-0.2, 0) is 12.8 Å². The van der Waals surface area contributed by atoms with E-state index in [0.29, 0.717) is 5.15 Å². The minimum Gasteiger partial charge on any atom is -0.469 e. The van der Waals surface area contributed by atoms with E-state index in [4.69, 9.17) is 16.0 Å². The Morgan fingerprint density at radius 3 is 3.00 bits per heavy atom. The normalized spacial score (nSPS) is 11.2. The molecular formula is C12H9BrClN3O. The highest BCUT2D eigenvalue weighted by molar-refractivity contribution is 9.10. The fourth-order valence-corrected chi connectivity index (χ4v) is 2.60. The van der Waals surface area contributed by atoms with E-state index in [9.17, 15) is 0 Å². The van der Waals surface area contributed by atoms with E-state index in [1.165, 1.54) is 0 Å². The summed E-state index contributed by atoms with van der Waals surface area (Å²) in [6.45, 7) is 0. The molecule has 0 aliphatic carbocycles. The number of nitrogens with one attached hydrogen (secondary N) is 1. The van der Waals surface area contributed by atoms with Crippen LogP contribution < -0.4 is 0 Å². The molecule has 3 aromatic heterocycles. The average Bonchev–Trinajstić information content (AvgIpc) is 2.97. The fourth-order valence-electron chi connectivity index (χ4n) is 1.90. The summed E-state index contributed by atoms with van der Waals surface area (Å²) in [4.78, 5) is 11.5. The molecule has 4 nitrogen and oxygen atoms in total. The maximum Gasteiger partial charge on any atom is 0.143 e. The molecule has 0 saturated heterocycles. The molecule has 6 heteroatoms. The number of furan rings is 1. The van der Waals surface area contributed by atoms with Gasteiger partial charge in [-0.05, 0) is 34.5 Å². The van der Waals surface area contributed by atoms with Crippen LogP contribution >= 0.6 is 27.5 Å². The molecule has 0 aliphatic rings. The topological polar surface area (TPSA) is 54.7 Å². The second-order valence-electron chi connectivity index (χ2n) is 3.88. The van der Waals surface area contributed by atoms with Crippen molar-refractivity contribution in [3.05, 3.63) is 45.8 Å². The predicted octanol–water partition coefficient (Wildman–Crippen LogP) is 3.75. The van der Waals surface area contributed by atoms with Gasteiger partial charge in [-0.3, -0.25) is 0 Å². The first-order valence-corrected chi connectivity index (χ1v) is 6.61. The second-order valence-corrected chi connectivity index (χ2v) is 5.05. The molecule has 3 heterocycles. The van der Waals surface area contributed by atoms with Crippen molar-refractivity contribution in [2.75, 3.05) is 0 Å². The van der Waals surface area contributed by atoms with E-state index in [0.717, 1.165) is 39.8 Å². The predicted molar refractivity (Wildman–Crippen MR) is 72.7 cm³/mol. The van der Waals surface area contributed by atoms with Crippen LogP contribution in [0, 0.1) is 0 Å². The van der Waals surface area contributed by atoms with Crippen LogP contribution in [0.25, 0.3) is 11.0 Å². The highest BCUT2D eigenvalue weighted by Gasteiger charge is 2.13. The van der Waals surface area contributed by atoms with Crippen LogP contribution in [-0.4, -0.2) is 15.0 Å². The van der Waals surface area contributed by atoms with Gasteiger partial charge in [-0.25, -0.2) is 9.97 Å². The van der Waals surface area contributed by atoms with E-state index in [-0.39, 0.29) is 0 Å². The lowest BCUT2D eigenvalue weighted by Crippen LogP contribution is -1.95. The van der Waals surface area contributed by atoms with E-state index in [1.807, 2.05) is 12.1 Å². The van der Waals surface area contributed by atoms with Gasteiger partial charge in [0, 0.05) is 6.42 Å². The summed E-state index contributed by atoms with van der Waals surface area (Å²) in [5.41, 5.74) is 1.70. The first kappa shape index (κ1) is 11.7. The average molecular weight is 327 g/mol. The number of aromatic amines is 1. The van der Waals surface area contributed by atoms with Crippen molar-refractivity contribution in [2.45, 2.75) is 12.8 Å². The molecule has 0 radical (unpaired) electrons. The number of aromatic nitrogens is 3. The molecule has 92 valence electrons. The number of hydrogen-bond acceptors (Lipinski definition) is 3. The zero-order valence-electron chi connectivity index (χ0n) is 9.28. The number of fused-ring (bicyclic) bond motifs is 1. The quantitative estimate of drug-likeness (QED) is 0.797. The summed E-state index contributed by atoms with van der Waals surface area (Å²) < 4.78 is 6.13. The van der Waals surface area contributed by atoms with Crippen LogP contribution in [0.1, 0.15) is 11.5 Å². The van der Waals surface area contributed by atoms with Crippen LogP contribution in [0.5, 0.6) is 0 Å². The Bertz CT molecular complexity index is 678. The van der Waals surface area contributed by atoms with Gasteiger partial charge in [0.25, 0.3) is 0 Å². The van der Waals surface area contributed by atoms with Crippen molar-refractivity contribution in [1.82, 2.24) is 15.0 Å². The van der Waals surface area contributed by atoms with Crippen LogP contribution in [0.15, 0.2) is 33.6 Å². The first-order valence-electron chi connectivity index (χ1n) is 5.44. The van der Waals surface area contributed by atoms with Crippen molar-refractivity contribution in [2.24, 2.45) is 0 Å². The summed E-state index contributed by atoms with van der Waals surface area (Å²) in [7, 11) is 0. The van der Waals surface area contributed by atoms with E-state index >= 15 is 0 Å². The lowest BCUT2D eigenvalue weighted by molar-refractivity contribution is 0.508. The Kier molecular flexibility index (Phi) is 3.09. The Morgan fingerprint density at radius 1 is 1.33 bits per heavy atom. The highest BCUT2D eigenvalue weighted by Crippen LogP contribution is 2.32. The van der Waals surface area contributed by atoms with Crippen molar-refractivity contribution in [1.29, 1.82) is 0 Å². The molecule has 0 amide bonds. The molecule has 0 atom stereocenters. The van der Waals surface area contributed by atoms with Gasteiger partial charge < -0.3 is 9.40 Å². The van der Waals surface area contributed by atoms with Gasteiger partial charge in [0.05, 0.1) is 21.8 Å². The summed E-state index contributed by atoms with van der Waals surface area (Å²) >= 11 is 9.49. The number of halogens is 2. The van der Waals surface area contributed by atoms with Gasteiger partial charge in [-0.1, -0.05) is 11.6 Å². The number of aryl methyl sites for hydroxylation is 2. The summed E-state index contributed by atoms with van der Waals surface area (Å²) in [5.74, 6) is 0.944. The van der Waals surface area contributed by atoms with Crippen LogP contribution in [0.3, 0.4) is 0 Å². The third-order valence-corrected chi connectivity index (χ3v) is 4.06. The molecule has 18 heavy (non-hydrogen) atoms. The third-order valence-electron chi connectivity index (χ3n) is 2.75. The van der Waals surface area contributed by atoms with E-state index < -0.39 is 0 Å². The van der Waals surface area contributed by atoms with Crippen LogP contribution in [0.2, 0.25) is 5.15 Å². The van der Waals surface area contributed by atoms with Crippen molar-refractivity contribution < 1.29 is 4.42 Å². The highest BCUT2D eigenvalue weighted by atomic mass is 79.9. The van der Waals surface area contributed by atoms with Gasteiger partial charge in [0.1, 0.15) is 22.9 Å². The molecule has 0 aromatic carbocycles. The van der Waals surface area contributed by atoms with E-state index in [2.05, 4.69) is 30.9 Å². The summed E-state index contributed by atoms with van der Waals surface area (Å²) in [5, 5.41) is 1.49. The molecule has 0 aliphatic heterocycles. The van der Waals surface area contributed by atoms with Gasteiger partial charge >= 0.3 is 0 Å². The third kappa shape index (κ3) is 2.04. The molecular weight excluding hydrogens is 318 g/mol. The smallest absolute Gasteiger partial charge is 0.143 e. The van der Waals surface area contributed by atoms with Crippen molar-refractivity contribution in [3.63, 3.8) is 0 Å². The number of H-pyrrole nitrogens is 1. The SMILES string of the molecule is Clc1[nH]c2ncnc(CCc3ccco3)c2c1Br. The van der Waals surface area contributed by atoms with Crippen LogP contribution in [0.4, 0.5) is 0 Å². The molecule has 0 saturated carbocycles. The fraction of sp³-hybridized carbons (Fsp3) is 0.167. The monoisotopic (exact) mass is 325 g/mol. The zero-order chi connectivity index (χ0) is 12.5. The van der Waals surface area contributed by atoms with Gasteiger partial charge in [0.15, 0.2) is 0 Å². The Morgan fingerprint density at radius 2 is 2.22 bits per heavy atom. The molecule has 1 N–H and O–H groups in total. The number of rotatable bonds is 3. The summed E-state index contributed by atoms with van der Waals surface area (Å²) in [6, 6.07) is 3.84. The minimum atomic E-state index is 0.546. The second kappa shape index (κ2) is 4.74. The lowest BCUT2D eigenvalue weighted by atomic mass is 10.1. The van der Waals surface area contributed by atoms with Gasteiger partial charge in [-0.2, -0.15) is 0 Å². The van der Waals surface area contributed by atoms with Crippen molar-refractivity contribution in [3.8, 4) is 0 Å². The van der Waals surface area contributed by atoms with E-state index in [1.54, 1.807) is 12.6 Å². The minimum absolute atomic E-state index is 0.546. The molecule has 0 bridgehead atoms. The van der Waals surface area contributed by atoms with Gasteiger partial charge in [0.2, 0.25) is 0 Å². The molecule has 3 rings (SSSR count). The van der Waals surface area contributed by atoms with Gasteiger partial charge in [-0.15, -0.1) is 0 Å². The lowest BCUT2D eigenvalue weighted by Gasteiger charge is -2.01. The summed E-state index contributed by atoms with van der Waals surface area (Å²) in [6.07, 6.45) is 4.79. The number of nitrogens with zero attached hydrogens (tertiary/aromatic N) is 2. The molecule has 0 unspecified atom stereocenters. The van der Waals surface area contributed by atoms with Crippen molar-refractivity contribution >= 4 is 38.6 Å². The number of hydrogen-bond donors (Lipinski definition) is 1. The Balaban J connectivity index is 1.96. The molecule has 3 aromatic rings. The standard InChI is InChI=1S/C12H9BrClN3O/c13-10-9-8(4-3-7-2-1-5-18-7)15-6-16-12(9)17-11(10)14/h1-2,5-6H,3-4H2,(H,15,16,17). The largest absolute Gasteiger partial charge is 0.469 e. The molecule has 0 spiro atoms. The Hall–Kier alpha value is -1.33. The molecule has 0 fully saturated rings. The zero-order valence-corrected chi connectivity index (χ0v) is 11.6. The Labute approximate surface area is 117 Å². The maximum atomic E-state index is 6.04. The first-order chi connectivity index (χ1) is 8.75. The maximum absolute atomic E-state index is 6.04.